The standard InChI is InChI=1S/C11H17N3O/c1-11(15)5-2-6-14(8-11)10-4-3-9(12)7-13-10/h3-4,7,15H,2,5-6,8,12H2,1H3/t11-/m1/s1. The third-order valence-corrected chi connectivity index (χ3v) is 2.77. The molecule has 2 rings (SSSR count). The molecule has 1 aliphatic rings. The van der Waals surface area contributed by atoms with Gasteiger partial charge in [-0.05, 0) is 31.9 Å². The lowest BCUT2D eigenvalue weighted by atomic mass is 9.95. The normalized spacial score (nSPS) is 26.7. The van der Waals surface area contributed by atoms with Crippen LogP contribution in [-0.4, -0.2) is 28.8 Å². The Bertz CT molecular complexity index is 334. The van der Waals surface area contributed by atoms with Crippen LogP contribution >= 0.6 is 0 Å². The van der Waals surface area contributed by atoms with Crippen LogP contribution in [0.5, 0.6) is 0 Å². The molecule has 1 aromatic heterocycles. The number of piperidine rings is 1. The van der Waals surface area contributed by atoms with Crippen LogP contribution in [0.3, 0.4) is 0 Å². The molecule has 0 unspecified atom stereocenters. The predicted octanol–water partition coefficient (Wildman–Crippen LogP) is 1.02. The fourth-order valence-corrected chi connectivity index (χ4v) is 2.00. The lowest BCUT2D eigenvalue weighted by molar-refractivity contribution is 0.0447. The summed E-state index contributed by atoms with van der Waals surface area (Å²) in [5.41, 5.74) is 5.65. The molecule has 1 saturated heterocycles. The third kappa shape index (κ3) is 2.39. The summed E-state index contributed by atoms with van der Waals surface area (Å²) >= 11 is 0. The molecule has 82 valence electrons. The number of nitrogens with zero attached hydrogens (tertiary/aromatic N) is 2. The van der Waals surface area contributed by atoms with Crippen molar-refractivity contribution in [1.29, 1.82) is 0 Å². The highest BCUT2D eigenvalue weighted by molar-refractivity contribution is 5.46. The number of nitrogens with two attached hydrogens (primary N) is 1. The minimum absolute atomic E-state index is 0.596. The second kappa shape index (κ2) is 3.70. The Labute approximate surface area is 89.7 Å². The molecule has 3 N–H and O–H groups in total. The van der Waals surface area contributed by atoms with E-state index in [-0.39, 0.29) is 0 Å². The van der Waals surface area contributed by atoms with Crippen LogP contribution in [0.15, 0.2) is 18.3 Å². The number of β-amino-alcohol motifs (C(OH)–C–C–N with tert-alkyl or cyclic N) is 1. The molecule has 0 bridgehead atoms. The van der Waals surface area contributed by atoms with Gasteiger partial charge in [-0.1, -0.05) is 0 Å². The maximum absolute atomic E-state index is 9.97. The minimum Gasteiger partial charge on any atom is -0.397 e. The van der Waals surface area contributed by atoms with E-state index in [2.05, 4.69) is 9.88 Å². The zero-order valence-electron chi connectivity index (χ0n) is 8.98. The van der Waals surface area contributed by atoms with E-state index in [0.717, 1.165) is 25.2 Å². The smallest absolute Gasteiger partial charge is 0.128 e. The molecule has 4 heteroatoms. The molecule has 1 aromatic rings. The molecule has 1 fully saturated rings. The van der Waals surface area contributed by atoms with Gasteiger partial charge in [0.05, 0.1) is 17.5 Å². The van der Waals surface area contributed by atoms with Gasteiger partial charge < -0.3 is 15.7 Å². The summed E-state index contributed by atoms with van der Waals surface area (Å²) in [6.45, 7) is 3.47. The number of hydrogen-bond acceptors (Lipinski definition) is 4. The van der Waals surface area contributed by atoms with Crippen molar-refractivity contribution < 1.29 is 5.11 Å². The average Bonchev–Trinajstić information content (AvgIpc) is 2.17. The highest BCUT2D eigenvalue weighted by Gasteiger charge is 2.28. The second-order valence-electron chi connectivity index (χ2n) is 4.47. The molecule has 1 aliphatic heterocycles. The van der Waals surface area contributed by atoms with E-state index < -0.39 is 5.60 Å². The first kappa shape index (κ1) is 10.2. The highest BCUT2D eigenvalue weighted by atomic mass is 16.3. The fourth-order valence-electron chi connectivity index (χ4n) is 2.00. The van der Waals surface area contributed by atoms with Gasteiger partial charge in [-0.15, -0.1) is 0 Å². The van der Waals surface area contributed by atoms with Crippen molar-refractivity contribution in [2.75, 3.05) is 23.7 Å². The van der Waals surface area contributed by atoms with E-state index in [9.17, 15) is 5.11 Å². The van der Waals surface area contributed by atoms with Gasteiger partial charge in [0.25, 0.3) is 0 Å². The van der Waals surface area contributed by atoms with Crippen LogP contribution in [0.1, 0.15) is 19.8 Å². The molecule has 4 nitrogen and oxygen atoms in total. The van der Waals surface area contributed by atoms with Crippen molar-refractivity contribution in [2.45, 2.75) is 25.4 Å². The maximum atomic E-state index is 9.97. The minimum atomic E-state index is -0.596. The van der Waals surface area contributed by atoms with E-state index in [1.807, 2.05) is 19.1 Å². The fraction of sp³-hybridized carbons (Fsp3) is 0.545. The van der Waals surface area contributed by atoms with E-state index in [1.165, 1.54) is 0 Å². The number of pyridine rings is 1. The molecule has 0 radical (unpaired) electrons. The summed E-state index contributed by atoms with van der Waals surface area (Å²) in [4.78, 5) is 6.36. The summed E-state index contributed by atoms with van der Waals surface area (Å²) < 4.78 is 0. The first-order chi connectivity index (χ1) is 7.07. The van der Waals surface area contributed by atoms with Crippen molar-refractivity contribution in [3.63, 3.8) is 0 Å². The van der Waals surface area contributed by atoms with Gasteiger partial charge >= 0.3 is 0 Å². The predicted molar refractivity (Wildman–Crippen MR) is 60.7 cm³/mol. The molecule has 1 atom stereocenters. The highest BCUT2D eigenvalue weighted by Crippen LogP contribution is 2.24. The monoisotopic (exact) mass is 207 g/mol. The quantitative estimate of drug-likeness (QED) is 0.721. The zero-order valence-corrected chi connectivity index (χ0v) is 8.98. The Morgan fingerprint density at radius 3 is 2.93 bits per heavy atom. The number of rotatable bonds is 1. The van der Waals surface area contributed by atoms with Gasteiger partial charge in [-0.3, -0.25) is 0 Å². The first-order valence-corrected chi connectivity index (χ1v) is 5.26. The van der Waals surface area contributed by atoms with E-state index in [1.54, 1.807) is 6.20 Å². The largest absolute Gasteiger partial charge is 0.397 e. The van der Waals surface area contributed by atoms with Gasteiger partial charge in [0.15, 0.2) is 0 Å². The summed E-state index contributed by atoms with van der Waals surface area (Å²) in [6.07, 6.45) is 3.51. The Kier molecular flexibility index (Phi) is 2.52. The lowest BCUT2D eigenvalue weighted by Gasteiger charge is -2.37. The number of nitrogen functional groups attached to an aromatic ring is 1. The molecule has 15 heavy (non-hydrogen) atoms. The summed E-state index contributed by atoms with van der Waals surface area (Å²) in [5, 5.41) is 9.97. The number of aromatic nitrogens is 1. The Balaban J connectivity index is 2.13. The molecule has 0 aliphatic carbocycles. The van der Waals surface area contributed by atoms with Crippen molar-refractivity contribution >= 4 is 11.5 Å². The van der Waals surface area contributed by atoms with Crippen LogP contribution in [0.2, 0.25) is 0 Å². The maximum Gasteiger partial charge on any atom is 0.128 e. The van der Waals surface area contributed by atoms with Crippen molar-refractivity contribution in [1.82, 2.24) is 4.98 Å². The van der Waals surface area contributed by atoms with Crippen LogP contribution in [0.4, 0.5) is 11.5 Å². The van der Waals surface area contributed by atoms with Gasteiger partial charge in [0.1, 0.15) is 5.82 Å². The van der Waals surface area contributed by atoms with Crippen molar-refractivity contribution in [3.05, 3.63) is 18.3 Å². The first-order valence-electron chi connectivity index (χ1n) is 5.26. The van der Waals surface area contributed by atoms with Crippen LogP contribution in [-0.2, 0) is 0 Å². The van der Waals surface area contributed by atoms with E-state index in [4.69, 9.17) is 5.73 Å². The Morgan fingerprint density at radius 2 is 2.33 bits per heavy atom. The molecule has 0 aromatic carbocycles. The lowest BCUT2D eigenvalue weighted by Crippen LogP contribution is -2.46. The van der Waals surface area contributed by atoms with Crippen LogP contribution in [0.25, 0.3) is 0 Å². The topological polar surface area (TPSA) is 62.4 Å². The average molecular weight is 207 g/mol. The van der Waals surface area contributed by atoms with Gasteiger partial charge in [0.2, 0.25) is 0 Å². The molecule has 2 heterocycles. The molecule has 0 amide bonds. The summed E-state index contributed by atoms with van der Waals surface area (Å²) in [5.74, 6) is 0.893. The van der Waals surface area contributed by atoms with Gasteiger partial charge in [-0.25, -0.2) is 4.98 Å². The Morgan fingerprint density at radius 1 is 1.53 bits per heavy atom. The summed E-state index contributed by atoms with van der Waals surface area (Å²) in [6, 6.07) is 3.74. The van der Waals surface area contributed by atoms with Gasteiger partial charge in [-0.2, -0.15) is 0 Å². The van der Waals surface area contributed by atoms with Crippen molar-refractivity contribution in [2.24, 2.45) is 0 Å². The van der Waals surface area contributed by atoms with E-state index in [0.29, 0.717) is 12.2 Å². The molecule has 0 spiro atoms. The van der Waals surface area contributed by atoms with Crippen LogP contribution in [0, 0.1) is 0 Å². The second-order valence-corrected chi connectivity index (χ2v) is 4.47. The summed E-state index contributed by atoms with van der Waals surface area (Å²) in [7, 11) is 0. The van der Waals surface area contributed by atoms with Crippen molar-refractivity contribution in [3.8, 4) is 0 Å². The molecule has 0 saturated carbocycles. The Hall–Kier alpha value is -1.29. The number of hydrogen-bond donors (Lipinski definition) is 2. The number of aliphatic hydroxyl groups is 1. The molecular formula is C11H17N3O. The third-order valence-electron chi connectivity index (χ3n) is 2.77. The van der Waals surface area contributed by atoms with Crippen LogP contribution < -0.4 is 10.6 Å². The molecular weight excluding hydrogens is 190 g/mol. The van der Waals surface area contributed by atoms with E-state index >= 15 is 0 Å². The zero-order chi connectivity index (χ0) is 10.9. The SMILES string of the molecule is C[C@@]1(O)CCCN(c2ccc(N)cn2)C1. The number of anilines is 2. The van der Waals surface area contributed by atoms with Gasteiger partial charge in [0, 0.05) is 13.1 Å².